The maximum Gasteiger partial charge on any atom is 0.187 e. The quantitative estimate of drug-likeness (QED) is 0.103. The second-order valence-electron chi connectivity index (χ2n) is 11.1. The number of ether oxygens (including phenoxy) is 7. The van der Waals surface area contributed by atoms with E-state index in [0.29, 0.717) is 0 Å². The standard InChI is InChI=1S/C24H42O21/c25-1-5-9(29)10(30)15(35)22(40-5)44-19-7(3-27)42-24(17(37)12(19)32)45-20-8(4-28)41-23(16(36)13(20)33)43-18-6(2-26)39-21(38)14(34)11(18)31/h5-38H,1-4H2/t5-,6-,7-,8-,9-,10+,11-,12-,13-,14-,15-,16-,17-,18-,19-,20-,21-,22-,23-,24-/m1/s1. The maximum absolute atomic E-state index is 10.9. The molecule has 0 amide bonds. The van der Waals surface area contributed by atoms with Crippen molar-refractivity contribution in [3.05, 3.63) is 0 Å². The van der Waals surface area contributed by atoms with Crippen LogP contribution >= 0.6 is 0 Å². The Balaban J connectivity index is 1.43. The van der Waals surface area contributed by atoms with Crippen molar-refractivity contribution in [2.75, 3.05) is 26.4 Å². The highest BCUT2D eigenvalue weighted by atomic mass is 16.8. The molecular formula is C24H42O21. The molecule has 0 unspecified atom stereocenters. The van der Waals surface area contributed by atoms with Gasteiger partial charge in [0.1, 0.15) is 97.7 Å². The normalized spacial score (nSPS) is 52.9. The van der Waals surface area contributed by atoms with Crippen LogP contribution in [0.15, 0.2) is 0 Å². The van der Waals surface area contributed by atoms with Crippen molar-refractivity contribution in [3.8, 4) is 0 Å². The van der Waals surface area contributed by atoms with E-state index in [2.05, 4.69) is 0 Å². The SMILES string of the molecule is OC[C@H]1O[C@H](O[C@H]2[C@H](O)[C@@H](O)[C@@H](O[C@H]3[C@H](O)[C@@H](O)[C@@H](O[C@H]4[C@H](O)[C@@H](O)[C@H](O)O[C@@H]4CO)O[C@@H]3CO)O[C@@H]2CO)[C@H](O)[C@@H](O)[C@@H]1O. The fraction of sp³-hybridized carbons (Fsp3) is 1.00. The highest BCUT2D eigenvalue weighted by Gasteiger charge is 2.55. The van der Waals surface area contributed by atoms with Gasteiger partial charge >= 0.3 is 0 Å². The van der Waals surface area contributed by atoms with Gasteiger partial charge in [-0.05, 0) is 0 Å². The third kappa shape index (κ3) is 7.44. The molecule has 14 N–H and O–H groups in total. The molecule has 4 heterocycles. The summed E-state index contributed by atoms with van der Waals surface area (Å²) in [6.07, 6.45) is -35.3. The van der Waals surface area contributed by atoms with E-state index in [0.717, 1.165) is 0 Å². The molecule has 45 heavy (non-hydrogen) atoms. The molecule has 21 nitrogen and oxygen atoms in total. The molecule has 4 saturated heterocycles. The van der Waals surface area contributed by atoms with Gasteiger partial charge in [-0.3, -0.25) is 0 Å². The predicted molar refractivity (Wildman–Crippen MR) is 134 cm³/mol. The molecule has 0 radical (unpaired) electrons. The number of hydrogen-bond acceptors (Lipinski definition) is 21. The summed E-state index contributed by atoms with van der Waals surface area (Å²) >= 11 is 0. The van der Waals surface area contributed by atoms with Crippen LogP contribution in [-0.2, 0) is 33.2 Å². The van der Waals surface area contributed by atoms with Crippen LogP contribution in [0.4, 0.5) is 0 Å². The number of aliphatic hydroxyl groups is 14. The van der Waals surface area contributed by atoms with Gasteiger partial charge in [-0.1, -0.05) is 0 Å². The zero-order valence-corrected chi connectivity index (χ0v) is 23.5. The molecular weight excluding hydrogens is 624 g/mol. The van der Waals surface area contributed by atoms with Crippen LogP contribution in [0.25, 0.3) is 0 Å². The van der Waals surface area contributed by atoms with Crippen molar-refractivity contribution in [1.82, 2.24) is 0 Å². The summed E-state index contributed by atoms with van der Waals surface area (Å²) in [6, 6.07) is 0. The minimum atomic E-state index is -2.02. The zero-order valence-electron chi connectivity index (χ0n) is 23.5. The first kappa shape index (κ1) is 37.0. The van der Waals surface area contributed by atoms with E-state index in [-0.39, 0.29) is 0 Å². The molecule has 0 aliphatic carbocycles. The van der Waals surface area contributed by atoms with Crippen LogP contribution in [0.3, 0.4) is 0 Å². The molecule has 4 rings (SSSR count). The first-order chi connectivity index (χ1) is 21.3. The van der Waals surface area contributed by atoms with Crippen molar-refractivity contribution in [1.29, 1.82) is 0 Å². The molecule has 20 atom stereocenters. The van der Waals surface area contributed by atoms with Gasteiger partial charge in [-0.15, -0.1) is 0 Å². The Morgan fingerprint density at radius 3 is 1.02 bits per heavy atom. The average molecular weight is 667 g/mol. The largest absolute Gasteiger partial charge is 0.394 e. The van der Waals surface area contributed by atoms with E-state index in [1.807, 2.05) is 0 Å². The zero-order chi connectivity index (χ0) is 33.3. The van der Waals surface area contributed by atoms with Crippen LogP contribution in [-0.4, -0.2) is 221 Å². The molecule has 0 aromatic carbocycles. The van der Waals surface area contributed by atoms with Gasteiger partial charge in [-0.2, -0.15) is 0 Å². The summed E-state index contributed by atoms with van der Waals surface area (Å²) < 4.78 is 37.7. The third-order valence-corrected chi connectivity index (χ3v) is 8.20. The van der Waals surface area contributed by atoms with E-state index in [1.165, 1.54) is 0 Å². The van der Waals surface area contributed by atoms with Crippen LogP contribution in [0.5, 0.6) is 0 Å². The van der Waals surface area contributed by atoms with Crippen LogP contribution < -0.4 is 0 Å². The van der Waals surface area contributed by atoms with Crippen LogP contribution in [0.1, 0.15) is 0 Å². The van der Waals surface area contributed by atoms with E-state index in [4.69, 9.17) is 33.2 Å². The fourth-order valence-electron chi connectivity index (χ4n) is 5.55. The van der Waals surface area contributed by atoms with Gasteiger partial charge in [0.2, 0.25) is 0 Å². The fourth-order valence-corrected chi connectivity index (χ4v) is 5.55. The molecule has 0 aromatic heterocycles. The Hall–Kier alpha value is -0.840. The van der Waals surface area contributed by atoms with Gasteiger partial charge in [0.25, 0.3) is 0 Å². The van der Waals surface area contributed by atoms with Crippen LogP contribution in [0.2, 0.25) is 0 Å². The topological polar surface area (TPSA) is 348 Å². The molecule has 0 saturated carbocycles. The summed E-state index contributed by atoms with van der Waals surface area (Å²) in [5.41, 5.74) is 0. The number of rotatable bonds is 10. The lowest BCUT2D eigenvalue weighted by Gasteiger charge is -2.49. The Bertz CT molecular complexity index is 910. The highest BCUT2D eigenvalue weighted by Crippen LogP contribution is 2.34. The summed E-state index contributed by atoms with van der Waals surface area (Å²) in [4.78, 5) is 0. The van der Waals surface area contributed by atoms with E-state index >= 15 is 0 Å². The average Bonchev–Trinajstić information content (AvgIpc) is 3.03. The van der Waals surface area contributed by atoms with E-state index < -0.39 is 149 Å². The number of hydrogen-bond donors (Lipinski definition) is 14. The smallest absolute Gasteiger partial charge is 0.187 e. The Morgan fingerprint density at radius 1 is 0.333 bits per heavy atom. The van der Waals surface area contributed by atoms with Crippen molar-refractivity contribution < 1.29 is 105 Å². The molecule has 4 aliphatic heterocycles. The van der Waals surface area contributed by atoms with Gasteiger partial charge < -0.3 is 105 Å². The highest BCUT2D eigenvalue weighted by molar-refractivity contribution is 4.97. The second-order valence-corrected chi connectivity index (χ2v) is 11.1. The molecule has 4 aliphatic rings. The molecule has 0 spiro atoms. The van der Waals surface area contributed by atoms with E-state index in [9.17, 15) is 71.5 Å². The van der Waals surface area contributed by atoms with Gasteiger partial charge in [0.15, 0.2) is 25.2 Å². The first-order valence-corrected chi connectivity index (χ1v) is 14.1. The monoisotopic (exact) mass is 666 g/mol. The van der Waals surface area contributed by atoms with Gasteiger partial charge in [0.05, 0.1) is 26.4 Å². The lowest BCUT2D eigenvalue weighted by molar-refractivity contribution is -0.387. The van der Waals surface area contributed by atoms with E-state index in [1.54, 1.807) is 0 Å². The van der Waals surface area contributed by atoms with Crippen molar-refractivity contribution in [3.63, 3.8) is 0 Å². The molecule has 0 aromatic rings. The van der Waals surface area contributed by atoms with Crippen molar-refractivity contribution in [2.45, 2.75) is 123 Å². The third-order valence-electron chi connectivity index (χ3n) is 8.20. The molecule has 0 bridgehead atoms. The summed E-state index contributed by atoms with van der Waals surface area (Å²) in [5, 5.41) is 142. The molecule has 4 fully saturated rings. The second kappa shape index (κ2) is 15.6. The Kier molecular flexibility index (Phi) is 12.8. The summed E-state index contributed by atoms with van der Waals surface area (Å²) in [7, 11) is 0. The Labute approximate surface area is 254 Å². The van der Waals surface area contributed by atoms with Crippen molar-refractivity contribution >= 4 is 0 Å². The predicted octanol–water partition coefficient (Wildman–Crippen LogP) is -9.75. The van der Waals surface area contributed by atoms with Gasteiger partial charge in [-0.25, -0.2) is 0 Å². The maximum atomic E-state index is 10.9. The first-order valence-electron chi connectivity index (χ1n) is 14.1. The minimum Gasteiger partial charge on any atom is -0.394 e. The van der Waals surface area contributed by atoms with Crippen LogP contribution in [0, 0.1) is 0 Å². The summed E-state index contributed by atoms with van der Waals surface area (Å²) in [5.74, 6) is 0. The Morgan fingerprint density at radius 2 is 0.644 bits per heavy atom. The minimum absolute atomic E-state index is 0.784. The summed E-state index contributed by atoms with van der Waals surface area (Å²) in [6.45, 7) is -3.39. The van der Waals surface area contributed by atoms with Gasteiger partial charge in [0, 0.05) is 0 Å². The number of aliphatic hydroxyl groups excluding tert-OH is 14. The molecule has 21 heteroatoms. The lowest BCUT2D eigenvalue weighted by Crippen LogP contribution is -2.67. The molecule has 264 valence electrons. The lowest BCUT2D eigenvalue weighted by atomic mass is 9.95. The van der Waals surface area contributed by atoms with Crippen molar-refractivity contribution in [2.24, 2.45) is 0 Å².